The Morgan fingerprint density at radius 3 is 2.49 bits per heavy atom. The average molecular weight is 519 g/mol. The average Bonchev–Trinajstić information content (AvgIpc) is 2.89. The van der Waals surface area contributed by atoms with E-state index in [0.29, 0.717) is 23.8 Å². The van der Waals surface area contributed by atoms with Gasteiger partial charge < -0.3 is 17.2 Å². The molecule has 1 aliphatic carbocycles. The number of carbonyl (C=O) groups excluding carboxylic acids is 1. The third kappa shape index (κ3) is 9.52. The molecule has 1 aliphatic rings. The predicted octanol–water partition coefficient (Wildman–Crippen LogP) is 3.55. The molecule has 0 saturated heterocycles. The van der Waals surface area contributed by atoms with E-state index in [4.69, 9.17) is 0 Å². The molecule has 37 heavy (non-hydrogen) atoms. The van der Waals surface area contributed by atoms with Crippen LogP contribution in [0.1, 0.15) is 81.2 Å². The van der Waals surface area contributed by atoms with Crippen molar-refractivity contribution in [3.63, 3.8) is 0 Å². The van der Waals surface area contributed by atoms with Crippen LogP contribution in [0.25, 0.3) is 11.1 Å². The van der Waals surface area contributed by atoms with Gasteiger partial charge in [0.05, 0.1) is 0 Å². The molecule has 0 bridgehead atoms. The van der Waals surface area contributed by atoms with Crippen LogP contribution in [0.2, 0.25) is 0 Å². The molecule has 7 heteroatoms. The summed E-state index contributed by atoms with van der Waals surface area (Å²) in [6.45, 7) is 5.04. The van der Waals surface area contributed by atoms with E-state index in [9.17, 15) is 14.7 Å². The number of nitrogens with one attached hydrogen (secondary N) is 2. The summed E-state index contributed by atoms with van der Waals surface area (Å²) in [6.07, 6.45) is 11.5. The monoisotopic (exact) mass is 518 g/mol. The second kappa shape index (κ2) is 16.3. The van der Waals surface area contributed by atoms with Crippen molar-refractivity contribution < 1.29 is 35.0 Å². The number of aliphatic carboxylic acids is 1. The zero-order chi connectivity index (χ0) is 25.9. The van der Waals surface area contributed by atoms with Crippen molar-refractivity contribution in [1.82, 2.24) is 10.6 Å². The maximum atomic E-state index is 13.3. The number of aryl methyl sites for hydroxylation is 1. The maximum Gasteiger partial charge on any atom is 1.00 e. The summed E-state index contributed by atoms with van der Waals surface area (Å²) in [6, 6.07) is 13.6. The predicted molar refractivity (Wildman–Crippen MR) is 152 cm³/mol. The van der Waals surface area contributed by atoms with Crippen LogP contribution in [0.3, 0.4) is 0 Å². The van der Waals surface area contributed by atoms with E-state index in [-0.39, 0.29) is 26.2 Å². The quantitative estimate of drug-likeness (QED) is 0.354. The van der Waals surface area contributed by atoms with Gasteiger partial charge in [-0.25, -0.2) is 4.79 Å². The van der Waals surface area contributed by atoms with Crippen molar-refractivity contribution in [2.45, 2.75) is 83.8 Å². The van der Waals surface area contributed by atoms with Gasteiger partial charge in [-0.1, -0.05) is 69.4 Å². The Labute approximate surface area is 240 Å². The molecule has 1 fully saturated rings. The van der Waals surface area contributed by atoms with E-state index in [2.05, 4.69) is 23.6 Å². The van der Waals surface area contributed by atoms with Gasteiger partial charge in [0.2, 0.25) is 0 Å². The summed E-state index contributed by atoms with van der Waals surface area (Å²) >= 11 is 1.57. The maximum absolute atomic E-state index is 13.3. The normalized spacial score (nSPS) is 15.4. The van der Waals surface area contributed by atoms with Crippen LogP contribution >= 0.6 is 11.8 Å². The van der Waals surface area contributed by atoms with Gasteiger partial charge in [0, 0.05) is 18.2 Å². The molecule has 3 rings (SSSR count). The molecule has 1 amide bonds. The second-order valence-corrected chi connectivity index (χ2v) is 11.1. The summed E-state index contributed by atoms with van der Waals surface area (Å²) in [5.41, 5.74) is 4.56. The second-order valence-electron chi connectivity index (χ2n) is 10.1. The summed E-state index contributed by atoms with van der Waals surface area (Å²) in [7, 11) is 0. The Bertz CT molecular complexity index is 1020. The third-order valence-corrected chi connectivity index (χ3v) is 8.05. The first kappa shape index (κ1) is 31.5. The molecule has 3 N–H and O–H groups in total. The standard InChI is InChI=1S/C30H42N2O3S.Li.H/c1-4-24(18-22-11-6-5-7-12-22)31-20-23-14-15-26(27(19-23)25-13-9-8-10-21(25)2)29(33)32-28(30(34)35)16-17-36-3;;/h8-10,13-15,19,22,24,28,31H,4-7,11-12,16-18,20H2,1-3H3,(H,32,33)(H,34,35);;/q;+1;-1/t24?,28-;;/m0../s1. The number of carboxylic acid groups (broad SMARTS) is 1. The summed E-state index contributed by atoms with van der Waals surface area (Å²) < 4.78 is 0. The molecule has 2 aromatic rings. The molecule has 0 radical (unpaired) electrons. The fourth-order valence-electron chi connectivity index (χ4n) is 5.21. The minimum absolute atomic E-state index is 0. The molecule has 0 aliphatic heterocycles. The van der Waals surface area contributed by atoms with Crippen LogP contribution < -0.4 is 29.5 Å². The molecule has 5 nitrogen and oxygen atoms in total. The van der Waals surface area contributed by atoms with Crippen LogP contribution in [0.5, 0.6) is 0 Å². The van der Waals surface area contributed by atoms with Crippen LogP contribution in [0.4, 0.5) is 0 Å². The topological polar surface area (TPSA) is 78.4 Å². The number of thioether (sulfide) groups is 1. The third-order valence-electron chi connectivity index (χ3n) is 7.41. The molecule has 0 aromatic heterocycles. The van der Waals surface area contributed by atoms with Crippen LogP contribution in [-0.4, -0.2) is 41.1 Å². The van der Waals surface area contributed by atoms with Crippen molar-refractivity contribution in [2.24, 2.45) is 5.92 Å². The number of hydrogen-bond acceptors (Lipinski definition) is 4. The number of carboxylic acids is 1. The summed E-state index contributed by atoms with van der Waals surface area (Å²) in [5.74, 6) is 0.161. The Balaban J connectivity index is 0.00000361. The van der Waals surface area contributed by atoms with E-state index in [1.54, 1.807) is 11.8 Å². The zero-order valence-corrected chi connectivity index (χ0v) is 23.8. The van der Waals surface area contributed by atoms with Gasteiger partial charge in [-0.2, -0.15) is 11.8 Å². The Morgan fingerprint density at radius 1 is 1.11 bits per heavy atom. The summed E-state index contributed by atoms with van der Waals surface area (Å²) in [5, 5.41) is 16.1. The van der Waals surface area contributed by atoms with Crippen LogP contribution in [0, 0.1) is 12.8 Å². The van der Waals surface area contributed by atoms with Gasteiger partial charge in [0.15, 0.2) is 0 Å². The SMILES string of the molecule is CCC(CC1CCCCC1)NCc1ccc(C(=O)N[C@@H](CCSC)C(=O)O)c(-c2ccccc2C)c1.[H-].[Li+]. The van der Waals surface area contributed by atoms with E-state index in [1.165, 1.54) is 38.5 Å². The van der Waals surface area contributed by atoms with Crippen molar-refractivity contribution in [3.05, 3.63) is 59.2 Å². The largest absolute Gasteiger partial charge is 1.00 e. The first-order valence-corrected chi connectivity index (χ1v) is 14.8. The molecular weight excluding hydrogens is 475 g/mol. The Morgan fingerprint density at radius 2 is 1.84 bits per heavy atom. The summed E-state index contributed by atoms with van der Waals surface area (Å²) in [4.78, 5) is 25.0. The van der Waals surface area contributed by atoms with E-state index >= 15 is 0 Å². The van der Waals surface area contributed by atoms with Crippen LogP contribution in [-0.2, 0) is 11.3 Å². The van der Waals surface area contributed by atoms with E-state index in [1.807, 2.05) is 49.6 Å². The molecule has 198 valence electrons. The zero-order valence-electron chi connectivity index (χ0n) is 24.0. The molecule has 2 aromatic carbocycles. The fraction of sp³-hybridized carbons (Fsp3) is 0.533. The van der Waals surface area contributed by atoms with E-state index in [0.717, 1.165) is 41.1 Å². The smallest absolute Gasteiger partial charge is 1.00 e. The molecule has 0 heterocycles. The fourth-order valence-corrected chi connectivity index (χ4v) is 5.68. The number of rotatable bonds is 13. The molecule has 1 unspecified atom stereocenters. The Hall–Kier alpha value is -1.71. The molecule has 0 spiro atoms. The van der Waals surface area contributed by atoms with Crippen molar-refractivity contribution in [3.8, 4) is 11.1 Å². The number of benzene rings is 2. The van der Waals surface area contributed by atoms with E-state index < -0.39 is 12.0 Å². The van der Waals surface area contributed by atoms with Crippen molar-refractivity contribution in [1.29, 1.82) is 0 Å². The van der Waals surface area contributed by atoms with Gasteiger partial charge in [-0.05, 0) is 78.5 Å². The Kier molecular flexibility index (Phi) is 13.9. The number of hydrogen-bond donors (Lipinski definition) is 3. The first-order chi connectivity index (χ1) is 17.4. The minimum atomic E-state index is -1.00. The van der Waals surface area contributed by atoms with Gasteiger partial charge in [-0.3, -0.25) is 4.79 Å². The number of amides is 1. The van der Waals surface area contributed by atoms with Crippen molar-refractivity contribution >= 4 is 23.6 Å². The van der Waals surface area contributed by atoms with Crippen molar-refractivity contribution in [2.75, 3.05) is 12.0 Å². The van der Waals surface area contributed by atoms with Gasteiger partial charge in [-0.15, -0.1) is 0 Å². The number of carbonyl (C=O) groups is 2. The minimum Gasteiger partial charge on any atom is -1.00 e. The molecule has 2 atom stereocenters. The van der Waals surface area contributed by atoms with Gasteiger partial charge >= 0.3 is 24.8 Å². The van der Waals surface area contributed by atoms with Gasteiger partial charge in [0.25, 0.3) is 5.91 Å². The molecule has 1 saturated carbocycles. The first-order valence-electron chi connectivity index (χ1n) is 13.4. The molecular formula is C30H43LiN2O3S. The van der Waals surface area contributed by atoms with Crippen LogP contribution in [0.15, 0.2) is 42.5 Å². The van der Waals surface area contributed by atoms with Gasteiger partial charge in [0.1, 0.15) is 6.04 Å².